The van der Waals surface area contributed by atoms with Crippen molar-refractivity contribution in [2.75, 3.05) is 26.7 Å². The lowest BCUT2D eigenvalue weighted by Crippen LogP contribution is -2.49. The number of hydrogen-bond donors (Lipinski definition) is 2. The highest BCUT2D eigenvalue weighted by molar-refractivity contribution is 5.88. The van der Waals surface area contributed by atoms with E-state index in [4.69, 9.17) is 0 Å². The molecule has 0 aromatic heterocycles. The Morgan fingerprint density at radius 2 is 1.79 bits per heavy atom. The fraction of sp³-hybridized carbons (Fsp3) is 0.273. The molecule has 146 valence electrons. The summed E-state index contributed by atoms with van der Waals surface area (Å²) in [5.41, 5.74) is 6.12. The molecule has 2 N–H and O–H groups in total. The number of benzene rings is 2. The summed E-state index contributed by atoms with van der Waals surface area (Å²) in [5.74, 6) is -0.292. The van der Waals surface area contributed by atoms with E-state index in [2.05, 4.69) is 27.8 Å². The summed E-state index contributed by atoms with van der Waals surface area (Å²) in [4.78, 5) is 26.5. The predicted octanol–water partition coefficient (Wildman–Crippen LogP) is 2.01. The van der Waals surface area contributed by atoms with Crippen LogP contribution in [0.5, 0.6) is 0 Å². The normalized spacial score (nSPS) is 13.9. The lowest BCUT2D eigenvalue weighted by atomic mass is 10.1. The molecule has 0 atom stereocenters. The summed E-state index contributed by atoms with van der Waals surface area (Å²) in [6, 6.07) is 20.0. The van der Waals surface area contributed by atoms with Crippen molar-refractivity contribution in [2.24, 2.45) is 0 Å². The molecule has 0 bridgehead atoms. The third-order valence-electron chi connectivity index (χ3n) is 4.53. The van der Waals surface area contributed by atoms with Gasteiger partial charge in [-0.2, -0.15) is 0 Å². The maximum absolute atomic E-state index is 12.3. The molecule has 2 aromatic rings. The first-order valence-corrected chi connectivity index (χ1v) is 9.43. The Kier molecular flexibility index (Phi) is 6.81. The van der Waals surface area contributed by atoms with Gasteiger partial charge in [-0.25, -0.2) is 5.01 Å². The second kappa shape index (κ2) is 9.71. The standard InChI is InChI=1S/C22H26N4O2/c1-25(16-18-8-4-2-5-9-18)15-14-23-21(27)17-26-22(28)13-12-20(24-26)19-10-6-3-7-11-19/h2-12,24H,13-17H2,1H3,(H,23,27). The third-order valence-corrected chi connectivity index (χ3v) is 4.53. The number of amides is 2. The van der Waals surface area contributed by atoms with Crippen LogP contribution in [-0.4, -0.2) is 48.4 Å². The smallest absolute Gasteiger partial charge is 0.245 e. The molecule has 0 aliphatic carbocycles. The minimum Gasteiger partial charge on any atom is -0.353 e. The van der Waals surface area contributed by atoms with Crippen molar-refractivity contribution in [3.63, 3.8) is 0 Å². The van der Waals surface area contributed by atoms with E-state index in [0.717, 1.165) is 24.4 Å². The molecule has 1 aliphatic rings. The van der Waals surface area contributed by atoms with Crippen LogP contribution in [0, 0.1) is 0 Å². The maximum atomic E-state index is 12.3. The molecule has 1 heterocycles. The van der Waals surface area contributed by atoms with E-state index in [-0.39, 0.29) is 24.8 Å². The Hall–Kier alpha value is -3.12. The molecule has 6 nitrogen and oxygen atoms in total. The quantitative estimate of drug-likeness (QED) is 0.738. The van der Waals surface area contributed by atoms with Crippen molar-refractivity contribution in [2.45, 2.75) is 13.0 Å². The van der Waals surface area contributed by atoms with Crippen molar-refractivity contribution < 1.29 is 9.59 Å². The van der Waals surface area contributed by atoms with Gasteiger partial charge < -0.3 is 10.2 Å². The minimum atomic E-state index is -0.178. The number of hydrogen-bond acceptors (Lipinski definition) is 4. The number of rotatable bonds is 8. The van der Waals surface area contributed by atoms with Crippen LogP contribution in [0.1, 0.15) is 17.5 Å². The van der Waals surface area contributed by atoms with E-state index in [1.54, 1.807) is 0 Å². The number of nitrogens with one attached hydrogen (secondary N) is 2. The zero-order valence-corrected chi connectivity index (χ0v) is 16.1. The van der Waals surface area contributed by atoms with E-state index in [9.17, 15) is 9.59 Å². The fourth-order valence-corrected chi connectivity index (χ4v) is 3.04. The van der Waals surface area contributed by atoms with Crippen LogP contribution in [0.3, 0.4) is 0 Å². The summed E-state index contributed by atoms with van der Waals surface area (Å²) in [6.45, 7) is 2.09. The molecular weight excluding hydrogens is 352 g/mol. The molecule has 0 saturated heterocycles. The molecule has 0 fully saturated rings. The van der Waals surface area contributed by atoms with Crippen LogP contribution in [0.15, 0.2) is 66.7 Å². The Bertz CT molecular complexity index is 821. The van der Waals surface area contributed by atoms with Gasteiger partial charge in [-0.3, -0.25) is 15.0 Å². The van der Waals surface area contributed by atoms with Crippen molar-refractivity contribution in [1.82, 2.24) is 20.7 Å². The van der Waals surface area contributed by atoms with Gasteiger partial charge in [0.2, 0.25) is 11.8 Å². The second-order valence-corrected chi connectivity index (χ2v) is 6.85. The Balaban J connectivity index is 1.43. The second-order valence-electron chi connectivity index (χ2n) is 6.85. The van der Waals surface area contributed by atoms with Gasteiger partial charge in [-0.05, 0) is 24.3 Å². The first kappa shape index (κ1) is 19.6. The predicted molar refractivity (Wildman–Crippen MR) is 110 cm³/mol. The van der Waals surface area contributed by atoms with Crippen LogP contribution >= 0.6 is 0 Å². The molecule has 0 unspecified atom stereocenters. The molecule has 2 amide bonds. The van der Waals surface area contributed by atoms with Crippen molar-refractivity contribution in [1.29, 1.82) is 0 Å². The first-order chi connectivity index (χ1) is 13.6. The lowest BCUT2D eigenvalue weighted by molar-refractivity contribution is -0.137. The van der Waals surface area contributed by atoms with Gasteiger partial charge in [-0.1, -0.05) is 60.7 Å². The summed E-state index contributed by atoms with van der Waals surface area (Å²) in [5, 5.41) is 4.27. The van der Waals surface area contributed by atoms with E-state index >= 15 is 0 Å². The van der Waals surface area contributed by atoms with Crippen molar-refractivity contribution in [3.05, 3.63) is 77.9 Å². The van der Waals surface area contributed by atoms with Crippen molar-refractivity contribution in [3.8, 4) is 0 Å². The fourth-order valence-electron chi connectivity index (χ4n) is 3.04. The van der Waals surface area contributed by atoms with Gasteiger partial charge in [0, 0.05) is 26.1 Å². The SMILES string of the molecule is CN(CCNC(=O)CN1NC(c2ccccc2)=CCC1=O)Cc1ccccc1. The van der Waals surface area contributed by atoms with Crippen LogP contribution in [-0.2, 0) is 16.1 Å². The zero-order valence-electron chi connectivity index (χ0n) is 16.1. The number of likely N-dealkylation sites (N-methyl/N-ethyl adjacent to an activating group) is 1. The van der Waals surface area contributed by atoms with Crippen LogP contribution in [0.25, 0.3) is 5.70 Å². The molecule has 1 aliphatic heterocycles. The molecule has 0 spiro atoms. The summed E-state index contributed by atoms with van der Waals surface area (Å²) < 4.78 is 0. The van der Waals surface area contributed by atoms with E-state index in [1.807, 2.05) is 61.7 Å². The lowest BCUT2D eigenvalue weighted by Gasteiger charge is -2.29. The van der Waals surface area contributed by atoms with Crippen LogP contribution in [0.4, 0.5) is 0 Å². The van der Waals surface area contributed by atoms with E-state index in [0.29, 0.717) is 6.54 Å². The topological polar surface area (TPSA) is 64.7 Å². The van der Waals surface area contributed by atoms with Crippen molar-refractivity contribution >= 4 is 17.5 Å². The first-order valence-electron chi connectivity index (χ1n) is 9.43. The van der Waals surface area contributed by atoms with Gasteiger partial charge in [0.15, 0.2) is 0 Å². The number of carbonyl (C=O) groups is 2. The molecule has 0 radical (unpaired) electrons. The van der Waals surface area contributed by atoms with Crippen LogP contribution < -0.4 is 10.7 Å². The van der Waals surface area contributed by atoms with Gasteiger partial charge in [-0.15, -0.1) is 0 Å². The number of nitrogens with zero attached hydrogens (tertiary/aromatic N) is 2. The van der Waals surface area contributed by atoms with E-state index in [1.165, 1.54) is 10.6 Å². The Labute approximate surface area is 165 Å². The number of hydrazine groups is 1. The molecule has 2 aromatic carbocycles. The van der Waals surface area contributed by atoms with Gasteiger partial charge in [0.1, 0.15) is 6.54 Å². The number of carbonyl (C=O) groups excluding carboxylic acids is 2. The molecular formula is C22H26N4O2. The largest absolute Gasteiger partial charge is 0.353 e. The van der Waals surface area contributed by atoms with Crippen LogP contribution in [0.2, 0.25) is 0 Å². The average molecular weight is 378 g/mol. The minimum absolute atomic E-state index is 0.00853. The highest BCUT2D eigenvalue weighted by Gasteiger charge is 2.21. The monoisotopic (exact) mass is 378 g/mol. The zero-order chi connectivity index (χ0) is 19.8. The van der Waals surface area contributed by atoms with Gasteiger partial charge in [0.05, 0.1) is 5.70 Å². The summed E-state index contributed by atoms with van der Waals surface area (Å²) in [6.07, 6.45) is 2.13. The highest BCUT2D eigenvalue weighted by Crippen LogP contribution is 2.16. The summed E-state index contributed by atoms with van der Waals surface area (Å²) >= 11 is 0. The molecule has 0 saturated carbocycles. The Morgan fingerprint density at radius 3 is 2.50 bits per heavy atom. The van der Waals surface area contributed by atoms with Gasteiger partial charge >= 0.3 is 0 Å². The average Bonchev–Trinajstić information content (AvgIpc) is 2.71. The highest BCUT2D eigenvalue weighted by atomic mass is 16.2. The maximum Gasteiger partial charge on any atom is 0.245 e. The molecule has 28 heavy (non-hydrogen) atoms. The van der Waals surface area contributed by atoms with Gasteiger partial charge in [0.25, 0.3) is 0 Å². The third kappa shape index (κ3) is 5.69. The molecule has 6 heteroatoms. The summed E-state index contributed by atoms with van der Waals surface area (Å²) in [7, 11) is 2.02. The van der Waals surface area contributed by atoms with E-state index < -0.39 is 0 Å². The molecule has 3 rings (SSSR count). The Morgan fingerprint density at radius 1 is 1.11 bits per heavy atom.